The molecule has 0 bridgehead atoms. The average molecular weight is 392 g/mol. The molecule has 1 fully saturated rings. The van der Waals surface area contributed by atoms with Gasteiger partial charge in [0.05, 0.1) is 11.1 Å². The second-order valence-electron chi connectivity index (χ2n) is 7.67. The van der Waals surface area contributed by atoms with Crippen molar-refractivity contribution in [3.63, 3.8) is 0 Å². The van der Waals surface area contributed by atoms with E-state index in [9.17, 15) is 14.4 Å². The summed E-state index contributed by atoms with van der Waals surface area (Å²) in [5, 5.41) is 2.71. The molecule has 1 N–H and O–H groups in total. The summed E-state index contributed by atoms with van der Waals surface area (Å²) in [7, 11) is 1.44. The fraction of sp³-hybridized carbons (Fsp3) is 0.348. The van der Waals surface area contributed by atoms with Crippen LogP contribution in [0.5, 0.6) is 5.75 Å². The molecule has 0 spiro atoms. The standard InChI is InChI=1S/C23H24N2O4/c1-25-22(27)19-12-9-17(13-20(19)23(25)28)24-21(26)14-29-18-10-7-16(8-11-18)15-5-3-2-4-6-15/h7-13,15H,2-6,14H2,1H3,(H,24,26). The third-order valence-electron chi connectivity index (χ3n) is 5.70. The second kappa shape index (κ2) is 8.07. The van der Waals surface area contributed by atoms with E-state index < -0.39 is 0 Å². The summed E-state index contributed by atoms with van der Waals surface area (Å²) >= 11 is 0. The molecule has 0 radical (unpaired) electrons. The number of nitrogens with one attached hydrogen (secondary N) is 1. The third-order valence-corrected chi connectivity index (χ3v) is 5.70. The Morgan fingerprint density at radius 1 is 1.00 bits per heavy atom. The zero-order valence-electron chi connectivity index (χ0n) is 16.4. The third kappa shape index (κ3) is 4.01. The van der Waals surface area contributed by atoms with E-state index in [-0.39, 0.29) is 24.3 Å². The van der Waals surface area contributed by atoms with Gasteiger partial charge in [0.1, 0.15) is 5.75 Å². The summed E-state index contributed by atoms with van der Waals surface area (Å²) in [6.45, 7) is -0.132. The van der Waals surface area contributed by atoms with Crippen molar-refractivity contribution in [2.75, 3.05) is 19.0 Å². The number of rotatable bonds is 5. The van der Waals surface area contributed by atoms with Gasteiger partial charge in [-0.25, -0.2) is 0 Å². The summed E-state index contributed by atoms with van der Waals surface area (Å²) in [4.78, 5) is 37.3. The van der Waals surface area contributed by atoms with Crippen LogP contribution in [0.2, 0.25) is 0 Å². The number of carbonyl (C=O) groups is 3. The van der Waals surface area contributed by atoms with Gasteiger partial charge in [0, 0.05) is 12.7 Å². The van der Waals surface area contributed by atoms with Gasteiger partial charge in [0.2, 0.25) is 0 Å². The van der Waals surface area contributed by atoms with Gasteiger partial charge in [-0.1, -0.05) is 31.4 Å². The lowest BCUT2D eigenvalue weighted by atomic mass is 9.84. The van der Waals surface area contributed by atoms with Gasteiger partial charge in [-0.05, 0) is 54.7 Å². The SMILES string of the molecule is CN1C(=O)c2ccc(NC(=O)COc3ccc(C4CCCCC4)cc3)cc2C1=O. The van der Waals surface area contributed by atoms with E-state index in [4.69, 9.17) is 4.74 Å². The Bertz CT molecular complexity index is 946. The molecule has 1 aliphatic carbocycles. The smallest absolute Gasteiger partial charge is 0.262 e. The van der Waals surface area contributed by atoms with E-state index in [2.05, 4.69) is 17.4 Å². The van der Waals surface area contributed by atoms with Crippen LogP contribution in [0.15, 0.2) is 42.5 Å². The molecule has 3 amide bonds. The molecule has 1 aliphatic heterocycles. The first-order valence-corrected chi connectivity index (χ1v) is 10.0. The predicted octanol–water partition coefficient (Wildman–Crippen LogP) is 3.98. The van der Waals surface area contributed by atoms with Gasteiger partial charge < -0.3 is 10.1 Å². The van der Waals surface area contributed by atoms with Crippen LogP contribution in [0.1, 0.15) is 64.3 Å². The molecule has 6 nitrogen and oxygen atoms in total. The number of ether oxygens (including phenoxy) is 1. The minimum Gasteiger partial charge on any atom is -0.484 e. The van der Waals surface area contributed by atoms with Gasteiger partial charge in [-0.2, -0.15) is 0 Å². The highest BCUT2D eigenvalue weighted by molar-refractivity contribution is 6.21. The Balaban J connectivity index is 1.33. The van der Waals surface area contributed by atoms with Gasteiger partial charge in [0.25, 0.3) is 17.7 Å². The quantitative estimate of drug-likeness (QED) is 0.781. The summed E-state index contributed by atoms with van der Waals surface area (Å²) in [5.41, 5.74) is 2.45. The monoisotopic (exact) mass is 392 g/mol. The van der Waals surface area contributed by atoms with Crippen LogP contribution in [0.3, 0.4) is 0 Å². The highest BCUT2D eigenvalue weighted by Gasteiger charge is 2.32. The van der Waals surface area contributed by atoms with Crippen molar-refractivity contribution in [1.82, 2.24) is 4.90 Å². The van der Waals surface area contributed by atoms with E-state index >= 15 is 0 Å². The summed E-state index contributed by atoms with van der Waals surface area (Å²) in [6, 6.07) is 12.7. The van der Waals surface area contributed by atoms with Crippen LogP contribution in [0, 0.1) is 0 Å². The van der Waals surface area contributed by atoms with Gasteiger partial charge in [0.15, 0.2) is 6.61 Å². The highest BCUT2D eigenvalue weighted by atomic mass is 16.5. The molecule has 6 heteroatoms. The van der Waals surface area contributed by atoms with Crippen molar-refractivity contribution in [3.8, 4) is 5.75 Å². The molecule has 150 valence electrons. The molecule has 1 heterocycles. The summed E-state index contributed by atoms with van der Waals surface area (Å²) in [5.74, 6) is 0.260. The maximum absolute atomic E-state index is 12.2. The topological polar surface area (TPSA) is 75.7 Å². The van der Waals surface area contributed by atoms with Gasteiger partial charge >= 0.3 is 0 Å². The lowest BCUT2D eigenvalue weighted by molar-refractivity contribution is -0.118. The van der Waals surface area contributed by atoms with Crippen LogP contribution in [-0.4, -0.2) is 36.3 Å². The van der Waals surface area contributed by atoms with Crippen molar-refractivity contribution < 1.29 is 19.1 Å². The molecular formula is C23H24N2O4. The zero-order chi connectivity index (χ0) is 20.4. The molecule has 2 aliphatic rings. The number of nitrogens with zero attached hydrogens (tertiary/aromatic N) is 1. The first-order chi connectivity index (χ1) is 14.0. The normalized spacial score (nSPS) is 16.7. The first-order valence-electron chi connectivity index (χ1n) is 10.0. The molecule has 0 unspecified atom stereocenters. The van der Waals surface area contributed by atoms with E-state index in [0.29, 0.717) is 28.5 Å². The number of imide groups is 1. The molecule has 2 aromatic rings. The van der Waals surface area contributed by atoms with E-state index in [1.54, 1.807) is 12.1 Å². The maximum Gasteiger partial charge on any atom is 0.262 e. The van der Waals surface area contributed by atoms with E-state index in [1.165, 1.54) is 50.8 Å². The number of hydrogen-bond acceptors (Lipinski definition) is 4. The molecule has 0 aromatic heterocycles. The van der Waals surface area contributed by atoms with E-state index in [1.807, 2.05) is 12.1 Å². The summed E-state index contributed by atoms with van der Waals surface area (Å²) < 4.78 is 5.59. The van der Waals surface area contributed by atoms with Crippen molar-refractivity contribution in [2.24, 2.45) is 0 Å². The Morgan fingerprint density at radius 2 is 1.69 bits per heavy atom. The number of benzene rings is 2. The number of hydrogen-bond donors (Lipinski definition) is 1. The van der Waals surface area contributed by atoms with Crippen molar-refractivity contribution >= 4 is 23.4 Å². The Morgan fingerprint density at radius 3 is 2.41 bits per heavy atom. The first kappa shape index (κ1) is 19.2. The number of fused-ring (bicyclic) bond motifs is 1. The minimum atomic E-state index is -0.365. The largest absolute Gasteiger partial charge is 0.484 e. The molecule has 4 rings (SSSR count). The summed E-state index contributed by atoms with van der Waals surface area (Å²) in [6.07, 6.45) is 6.41. The van der Waals surface area contributed by atoms with Gasteiger partial charge in [-0.3, -0.25) is 19.3 Å². The fourth-order valence-electron chi connectivity index (χ4n) is 4.06. The highest BCUT2D eigenvalue weighted by Crippen LogP contribution is 2.33. The molecule has 1 saturated carbocycles. The number of anilines is 1. The van der Waals surface area contributed by atoms with Gasteiger partial charge in [-0.15, -0.1) is 0 Å². The van der Waals surface area contributed by atoms with Crippen LogP contribution in [0.25, 0.3) is 0 Å². The maximum atomic E-state index is 12.2. The Labute approximate surface area is 169 Å². The molecular weight excluding hydrogens is 368 g/mol. The van der Waals surface area contributed by atoms with Crippen LogP contribution in [-0.2, 0) is 4.79 Å². The van der Waals surface area contributed by atoms with Crippen LogP contribution in [0.4, 0.5) is 5.69 Å². The molecule has 29 heavy (non-hydrogen) atoms. The number of amides is 3. The van der Waals surface area contributed by atoms with Crippen LogP contribution < -0.4 is 10.1 Å². The Kier molecular flexibility index (Phi) is 5.34. The minimum absolute atomic E-state index is 0.132. The Hall–Kier alpha value is -3.15. The average Bonchev–Trinajstić information content (AvgIpc) is 2.97. The predicted molar refractivity (Wildman–Crippen MR) is 109 cm³/mol. The van der Waals surface area contributed by atoms with Crippen molar-refractivity contribution in [3.05, 3.63) is 59.2 Å². The molecule has 2 aromatic carbocycles. The number of carbonyl (C=O) groups excluding carboxylic acids is 3. The van der Waals surface area contributed by atoms with Crippen molar-refractivity contribution in [2.45, 2.75) is 38.0 Å². The van der Waals surface area contributed by atoms with Crippen LogP contribution >= 0.6 is 0 Å². The fourth-order valence-corrected chi connectivity index (χ4v) is 4.06. The lowest BCUT2D eigenvalue weighted by Gasteiger charge is -2.22. The zero-order valence-corrected chi connectivity index (χ0v) is 16.4. The molecule has 0 atom stereocenters. The molecule has 0 saturated heterocycles. The lowest BCUT2D eigenvalue weighted by Crippen LogP contribution is -2.24. The second-order valence-corrected chi connectivity index (χ2v) is 7.67. The van der Waals surface area contributed by atoms with E-state index in [0.717, 1.165) is 4.90 Å². The van der Waals surface area contributed by atoms with Crippen molar-refractivity contribution in [1.29, 1.82) is 0 Å².